The van der Waals surface area contributed by atoms with E-state index in [4.69, 9.17) is 0 Å². The maximum atomic E-state index is 4.22. The van der Waals surface area contributed by atoms with Gasteiger partial charge >= 0.3 is 0 Å². The quantitative estimate of drug-likeness (QED) is 0.602. The highest BCUT2D eigenvalue weighted by Gasteiger charge is 2.26. The van der Waals surface area contributed by atoms with E-state index in [1.807, 2.05) is 0 Å². The molecule has 1 fully saturated rings. The van der Waals surface area contributed by atoms with E-state index in [1.54, 1.807) is 6.33 Å². The summed E-state index contributed by atoms with van der Waals surface area (Å²) in [6.45, 7) is 2.08. The lowest BCUT2D eigenvalue weighted by atomic mass is 10.2. The van der Waals surface area contributed by atoms with Crippen molar-refractivity contribution in [3.05, 3.63) is 17.7 Å². The number of imidazole rings is 1. The van der Waals surface area contributed by atoms with Crippen LogP contribution >= 0.6 is 0 Å². The summed E-state index contributed by atoms with van der Waals surface area (Å²) in [5.41, 5.74) is 2.53. The van der Waals surface area contributed by atoms with Gasteiger partial charge in [0.2, 0.25) is 0 Å². The first kappa shape index (κ1) is 5.03. The van der Waals surface area contributed by atoms with Crippen molar-refractivity contribution >= 4 is 0 Å². The first-order valence-corrected chi connectivity index (χ1v) is 3.38. The summed E-state index contributed by atoms with van der Waals surface area (Å²) in [7, 11) is 0. The van der Waals surface area contributed by atoms with Crippen molar-refractivity contribution in [2.24, 2.45) is 0 Å². The average molecular weight is 122 g/mol. The van der Waals surface area contributed by atoms with E-state index >= 15 is 0 Å². The lowest BCUT2D eigenvalue weighted by molar-refractivity contribution is 1.03. The van der Waals surface area contributed by atoms with Crippen LogP contribution in [-0.4, -0.2) is 9.97 Å². The third kappa shape index (κ3) is 0.745. The van der Waals surface area contributed by atoms with E-state index in [0.717, 1.165) is 5.92 Å². The fraction of sp³-hybridized carbons (Fsp3) is 0.571. The number of aryl methyl sites for hydroxylation is 1. The van der Waals surface area contributed by atoms with Crippen molar-refractivity contribution in [1.82, 2.24) is 9.97 Å². The van der Waals surface area contributed by atoms with Gasteiger partial charge in [-0.1, -0.05) is 0 Å². The number of nitrogens with one attached hydrogen (secondary N) is 1. The molecule has 1 N–H and O–H groups in total. The lowest BCUT2D eigenvalue weighted by Crippen LogP contribution is -1.81. The summed E-state index contributed by atoms with van der Waals surface area (Å²) >= 11 is 0. The van der Waals surface area contributed by atoms with Gasteiger partial charge in [0.25, 0.3) is 0 Å². The molecule has 2 nitrogen and oxygen atoms in total. The van der Waals surface area contributed by atoms with E-state index in [1.165, 1.54) is 24.2 Å². The smallest absolute Gasteiger partial charge is 0.0925 e. The number of hydrogen-bond acceptors (Lipinski definition) is 1. The van der Waals surface area contributed by atoms with Crippen molar-refractivity contribution in [1.29, 1.82) is 0 Å². The number of nitrogens with zero attached hydrogens (tertiary/aromatic N) is 1. The maximum Gasteiger partial charge on any atom is 0.0925 e. The summed E-state index contributed by atoms with van der Waals surface area (Å²) < 4.78 is 0. The molecule has 0 radical (unpaired) electrons. The third-order valence-electron chi connectivity index (χ3n) is 1.83. The molecule has 48 valence electrons. The molecule has 0 aromatic carbocycles. The number of aromatic nitrogens is 2. The van der Waals surface area contributed by atoms with Crippen LogP contribution in [0.5, 0.6) is 0 Å². The minimum Gasteiger partial charge on any atom is -0.348 e. The van der Waals surface area contributed by atoms with E-state index < -0.39 is 0 Å². The van der Waals surface area contributed by atoms with Crippen LogP contribution in [0, 0.1) is 6.92 Å². The SMILES string of the molecule is Cc1[nH]cnc1C1CC1. The Kier molecular flexibility index (Phi) is 0.891. The monoisotopic (exact) mass is 122 g/mol. The highest BCUT2D eigenvalue weighted by atomic mass is 14.9. The zero-order valence-electron chi connectivity index (χ0n) is 5.52. The molecule has 0 bridgehead atoms. The molecule has 1 heterocycles. The molecule has 1 aromatic rings. The predicted octanol–water partition coefficient (Wildman–Crippen LogP) is 1.60. The number of hydrogen-bond donors (Lipinski definition) is 1. The molecule has 0 unspecified atom stereocenters. The minimum atomic E-state index is 0.788. The fourth-order valence-corrected chi connectivity index (χ4v) is 1.14. The Bertz CT molecular complexity index is 210. The molecule has 0 spiro atoms. The van der Waals surface area contributed by atoms with Crippen LogP contribution in [0.15, 0.2) is 6.33 Å². The van der Waals surface area contributed by atoms with Gasteiger partial charge in [0.05, 0.1) is 12.0 Å². The maximum absolute atomic E-state index is 4.22. The Labute approximate surface area is 54.3 Å². The van der Waals surface area contributed by atoms with Gasteiger partial charge in [-0.3, -0.25) is 0 Å². The molecule has 0 atom stereocenters. The van der Waals surface area contributed by atoms with Gasteiger partial charge in [-0.05, 0) is 19.8 Å². The minimum absolute atomic E-state index is 0.788. The van der Waals surface area contributed by atoms with Crippen LogP contribution in [0.1, 0.15) is 30.1 Å². The van der Waals surface area contributed by atoms with Gasteiger partial charge in [0.1, 0.15) is 0 Å². The van der Waals surface area contributed by atoms with Crippen LogP contribution in [0.4, 0.5) is 0 Å². The summed E-state index contributed by atoms with van der Waals surface area (Å²) in [4.78, 5) is 7.30. The molecule has 0 saturated heterocycles. The van der Waals surface area contributed by atoms with E-state index in [-0.39, 0.29) is 0 Å². The van der Waals surface area contributed by atoms with Crippen molar-refractivity contribution in [3.8, 4) is 0 Å². The second kappa shape index (κ2) is 1.59. The van der Waals surface area contributed by atoms with Crippen LogP contribution in [0.3, 0.4) is 0 Å². The lowest BCUT2D eigenvalue weighted by Gasteiger charge is -1.89. The van der Waals surface area contributed by atoms with Crippen LogP contribution < -0.4 is 0 Å². The Hall–Kier alpha value is -0.790. The zero-order valence-corrected chi connectivity index (χ0v) is 5.52. The van der Waals surface area contributed by atoms with Crippen LogP contribution in [-0.2, 0) is 0 Å². The van der Waals surface area contributed by atoms with Gasteiger partial charge in [0, 0.05) is 11.6 Å². The number of H-pyrrole nitrogens is 1. The molecule has 1 aliphatic carbocycles. The molecule has 9 heavy (non-hydrogen) atoms. The number of rotatable bonds is 1. The normalized spacial score (nSPS) is 18.3. The predicted molar refractivity (Wildman–Crippen MR) is 35.3 cm³/mol. The Morgan fingerprint density at radius 3 is 2.89 bits per heavy atom. The van der Waals surface area contributed by atoms with E-state index in [2.05, 4.69) is 16.9 Å². The zero-order chi connectivity index (χ0) is 6.27. The van der Waals surface area contributed by atoms with Gasteiger partial charge in [0.15, 0.2) is 0 Å². The molecular formula is C7H10N2. The van der Waals surface area contributed by atoms with Crippen LogP contribution in [0.2, 0.25) is 0 Å². The van der Waals surface area contributed by atoms with E-state index in [9.17, 15) is 0 Å². The Balaban J connectivity index is 2.35. The highest BCUT2D eigenvalue weighted by Crippen LogP contribution is 2.39. The molecule has 0 aliphatic heterocycles. The van der Waals surface area contributed by atoms with Gasteiger partial charge in [-0.15, -0.1) is 0 Å². The fourth-order valence-electron chi connectivity index (χ4n) is 1.14. The molecule has 2 heteroatoms. The van der Waals surface area contributed by atoms with Crippen molar-refractivity contribution in [3.63, 3.8) is 0 Å². The molecule has 1 aromatic heterocycles. The van der Waals surface area contributed by atoms with Gasteiger partial charge < -0.3 is 4.98 Å². The first-order chi connectivity index (χ1) is 4.38. The summed E-state index contributed by atoms with van der Waals surface area (Å²) in [5.74, 6) is 0.788. The molecular weight excluding hydrogens is 112 g/mol. The third-order valence-corrected chi connectivity index (χ3v) is 1.83. The van der Waals surface area contributed by atoms with Crippen molar-refractivity contribution in [2.45, 2.75) is 25.7 Å². The topological polar surface area (TPSA) is 28.7 Å². The summed E-state index contributed by atoms with van der Waals surface area (Å²) in [6, 6.07) is 0. The molecule has 2 rings (SSSR count). The van der Waals surface area contributed by atoms with Gasteiger partial charge in [-0.2, -0.15) is 0 Å². The second-order valence-electron chi connectivity index (χ2n) is 2.69. The van der Waals surface area contributed by atoms with Crippen LogP contribution in [0.25, 0.3) is 0 Å². The van der Waals surface area contributed by atoms with E-state index in [0.29, 0.717) is 0 Å². The molecule has 1 saturated carbocycles. The summed E-state index contributed by atoms with van der Waals surface area (Å²) in [6.07, 6.45) is 4.46. The second-order valence-corrected chi connectivity index (χ2v) is 2.69. The standard InChI is InChI=1S/C7H10N2/c1-5-7(6-2-3-6)9-4-8-5/h4,6H,2-3H2,1H3,(H,8,9). The molecule has 1 aliphatic rings. The summed E-state index contributed by atoms with van der Waals surface area (Å²) in [5, 5.41) is 0. The van der Waals surface area contributed by atoms with Crippen molar-refractivity contribution < 1.29 is 0 Å². The Morgan fingerprint density at radius 1 is 1.67 bits per heavy atom. The number of aromatic amines is 1. The average Bonchev–Trinajstić information content (AvgIpc) is 2.58. The first-order valence-electron chi connectivity index (χ1n) is 3.38. The Morgan fingerprint density at radius 2 is 2.44 bits per heavy atom. The highest BCUT2D eigenvalue weighted by molar-refractivity contribution is 5.18. The molecule has 0 amide bonds. The largest absolute Gasteiger partial charge is 0.348 e. The van der Waals surface area contributed by atoms with Crippen molar-refractivity contribution in [2.75, 3.05) is 0 Å². The van der Waals surface area contributed by atoms with Gasteiger partial charge in [-0.25, -0.2) is 4.98 Å².